The summed E-state index contributed by atoms with van der Waals surface area (Å²) < 4.78 is 23.9. The molecular formula is C15H19FN2O3. The first-order chi connectivity index (χ1) is 10.1. The topological polar surface area (TPSA) is 50.8 Å². The molecule has 2 fully saturated rings. The van der Waals surface area contributed by atoms with Crippen molar-refractivity contribution in [2.75, 3.05) is 27.4 Å². The number of hydrogen-bond donors (Lipinski definition) is 1. The van der Waals surface area contributed by atoms with Crippen molar-refractivity contribution < 1.29 is 18.7 Å². The molecule has 0 bridgehead atoms. The molecule has 1 atom stereocenters. The summed E-state index contributed by atoms with van der Waals surface area (Å²) in [6.45, 7) is 0.945. The maximum Gasteiger partial charge on any atom is 0.244 e. The number of methoxy groups -OCH3 is 2. The number of benzene rings is 1. The van der Waals surface area contributed by atoms with Crippen LogP contribution in [0, 0.1) is 5.82 Å². The third-order valence-corrected chi connectivity index (χ3v) is 4.17. The Labute approximate surface area is 123 Å². The lowest BCUT2D eigenvalue weighted by Gasteiger charge is -2.24. The van der Waals surface area contributed by atoms with Crippen LogP contribution in [0.4, 0.5) is 4.39 Å². The second-order valence-corrected chi connectivity index (χ2v) is 5.51. The van der Waals surface area contributed by atoms with E-state index < -0.39 is 11.4 Å². The van der Waals surface area contributed by atoms with E-state index >= 15 is 0 Å². The van der Waals surface area contributed by atoms with Crippen molar-refractivity contribution in [2.24, 2.45) is 0 Å². The number of carbonyl (C=O) groups is 1. The van der Waals surface area contributed by atoms with Gasteiger partial charge < -0.3 is 14.4 Å². The third-order valence-electron chi connectivity index (χ3n) is 4.17. The highest BCUT2D eigenvalue weighted by Gasteiger charge is 2.59. The first kappa shape index (κ1) is 14.3. The van der Waals surface area contributed by atoms with Gasteiger partial charge >= 0.3 is 0 Å². The Morgan fingerprint density at radius 1 is 1.43 bits per heavy atom. The number of nitrogens with zero attached hydrogens (tertiary/aromatic N) is 1. The fourth-order valence-corrected chi connectivity index (χ4v) is 2.81. The van der Waals surface area contributed by atoms with Gasteiger partial charge in [-0.15, -0.1) is 0 Å². The van der Waals surface area contributed by atoms with Gasteiger partial charge in [0.05, 0.1) is 13.7 Å². The molecule has 1 N–H and O–H groups in total. The van der Waals surface area contributed by atoms with Crippen molar-refractivity contribution in [3.63, 3.8) is 0 Å². The van der Waals surface area contributed by atoms with Gasteiger partial charge in [0, 0.05) is 13.7 Å². The molecule has 1 aromatic carbocycles. The minimum absolute atomic E-state index is 0.0841. The van der Waals surface area contributed by atoms with Gasteiger partial charge in [0.2, 0.25) is 5.91 Å². The largest absolute Gasteiger partial charge is 0.494 e. The molecule has 6 heteroatoms. The van der Waals surface area contributed by atoms with Gasteiger partial charge in [-0.1, -0.05) is 6.07 Å². The van der Waals surface area contributed by atoms with Crippen LogP contribution in [0.25, 0.3) is 0 Å². The summed E-state index contributed by atoms with van der Waals surface area (Å²) in [7, 11) is 3.03. The summed E-state index contributed by atoms with van der Waals surface area (Å²) >= 11 is 0. The molecule has 1 aromatic rings. The molecule has 2 aliphatic rings. The van der Waals surface area contributed by atoms with E-state index in [1.165, 1.54) is 13.2 Å². The lowest BCUT2D eigenvalue weighted by Crippen LogP contribution is -2.34. The van der Waals surface area contributed by atoms with Gasteiger partial charge in [-0.3, -0.25) is 10.1 Å². The second kappa shape index (κ2) is 5.27. The maximum atomic E-state index is 13.9. The minimum atomic E-state index is -0.436. The Kier molecular flexibility index (Phi) is 3.59. The van der Waals surface area contributed by atoms with Gasteiger partial charge in [-0.25, -0.2) is 4.39 Å². The molecule has 1 amide bonds. The molecule has 1 heterocycles. The van der Waals surface area contributed by atoms with Crippen LogP contribution in [0.15, 0.2) is 18.2 Å². The van der Waals surface area contributed by atoms with Crippen LogP contribution in [-0.4, -0.2) is 43.7 Å². The standard InChI is InChI=1S/C15H19FN2O3/c1-20-8-7-18-13(17-15(5-6-15)14(18)19)10-3-4-12(21-2)11(16)9-10/h3-4,9,13,17H,5-8H2,1-2H3. The number of ether oxygens (including phenoxy) is 2. The molecule has 3 rings (SSSR count). The van der Waals surface area contributed by atoms with E-state index in [2.05, 4.69) is 5.32 Å². The van der Waals surface area contributed by atoms with Crippen molar-refractivity contribution in [3.05, 3.63) is 29.6 Å². The first-order valence-corrected chi connectivity index (χ1v) is 7.02. The van der Waals surface area contributed by atoms with Crippen molar-refractivity contribution in [1.82, 2.24) is 10.2 Å². The van der Waals surface area contributed by atoms with Gasteiger partial charge in [0.25, 0.3) is 0 Å². The Bertz CT molecular complexity index is 560. The zero-order valence-electron chi connectivity index (χ0n) is 12.2. The zero-order valence-corrected chi connectivity index (χ0v) is 12.2. The minimum Gasteiger partial charge on any atom is -0.494 e. The summed E-state index contributed by atoms with van der Waals surface area (Å²) in [5.41, 5.74) is 0.288. The maximum absolute atomic E-state index is 13.9. The average molecular weight is 294 g/mol. The smallest absolute Gasteiger partial charge is 0.244 e. The quantitative estimate of drug-likeness (QED) is 0.893. The lowest BCUT2D eigenvalue weighted by molar-refractivity contribution is -0.131. The fraction of sp³-hybridized carbons (Fsp3) is 0.533. The number of hydrogen-bond acceptors (Lipinski definition) is 4. The van der Waals surface area contributed by atoms with Gasteiger partial charge in [0.1, 0.15) is 11.7 Å². The van der Waals surface area contributed by atoms with Crippen molar-refractivity contribution in [2.45, 2.75) is 24.5 Å². The van der Waals surface area contributed by atoms with Crippen LogP contribution in [0.1, 0.15) is 24.6 Å². The summed E-state index contributed by atoms with van der Waals surface area (Å²) in [6.07, 6.45) is 1.37. The molecule has 0 radical (unpaired) electrons. The Morgan fingerprint density at radius 3 is 2.76 bits per heavy atom. The van der Waals surface area contributed by atoms with Crippen molar-refractivity contribution in [3.8, 4) is 5.75 Å². The average Bonchev–Trinajstić information content (AvgIpc) is 3.21. The summed E-state index contributed by atoms with van der Waals surface area (Å²) in [4.78, 5) is 14.2. The number of nitrogens with one attached hydrogen (secondary N) is 1. The molecule has 21 heavy (non-hydrogen) atoms. The van der Waals surface area contributed by atoms with E-state index in [4.69, 9.17) is 9.47 Å². The predicted octanol–water partition coefficient (Wildman–Crippen LogP) is 1.44. The van der Waals surface area contributed by atoms with Gasteiger partial charge in [0.15, 0.2) is 11.6 Å². The summed E-state index contributed by atoms with van der Waals surface area (Å²) in [6, 6.07) is 4.79. The lowest BCUT2D eigenvalue weighted by atomic mass is 10.1. The van der Waals surface area contributed by atoms with Crippen LogP contribution in [0.5, 0.6) is 5.75 Å². The second-order valence-electron chi connectivity index (χ2n) is 5.51. The van der Waals surface area contributed by atoms with Gasteiger partial charge in [-0.2, -0.15) is 0 Å². The molecular weight excluding hydrogens is 275 g/mol. The molecule has 1 aliphatic heterocycles. The van der Waals surface area contributed by atoms with E-state index in [9.17, 15) is 9.18 Å². The van der Waals surface area contributed by atoms with E-state index in [-0.39, 0.29) is 17.8 Å². The number of rotatable bonds is 5. The van der Waals surface area contributed by atoms with Crippen LogP contribution < -0.4 is 10.1 Å². The highest BCUT2D eigenvalue weighted by atomic mass is 19.1. The Balaban J connectivity index is 1.88. The SMILES string of the molecule is COCCN1C(=O)C2(CC2)NC1c1ccc(OC)c(F)c1. The number of amides is 1. The fourth-order valence-electron chi connectivity index (χ4n) is 2.81. The van der Waals surface area contributed by atoms with E-state index in [1.54, 1.807) is 24.1 Å². The van der Waals surface area contributed by atoms with Gasteiger partial charge in [-0.05, 0) is 30.5 Å². The molecule has 5 nitrogen and oxygen atoms in total. The molecule has 0 aromatic heterocycles. The molecule has 1 aliphatic carbocycles. The van der Waals surface area contributed by atoms with Crippen LogP contribution in [0.2, 0.25) is 0 Å². The molecule has 1 saturated heterocycles. The van der Waals surface area contributed by atoms with Crippen LogP contribution in [-0.2, 0) is 9.53 Å². The summed E-state index contributed by atoms with van der Waals surface area (Å²) in [5, 5.41) is 3.34. The first-order valence-electron chi connectivity index (χ1n) is 7.02. The molecule has 1 saturated carbocycles. The van der Waals surface area contributed by atoms with E-state index in [0.717, 1.165) is 18.4 Å². The summed E-state index contributed by atoms with van der Waals surface area (Å²) in [5.74, 6) is -0.138. The third kappa shape index (κ3) is 2.38. The predicted molar refractivity (Wildman–Crippen MR) is 74.4 cm³/mol. The van der Waals surface area contributed by atoms with E-state index in [0.29, 0.717) is 13.2 Å². The van der Waals surface area contributed by atoms with Crippen molar-refractivity contribution in [1.29, 1.82) is 0 Å². The normalized spacial score (nSPS) is 22.9. The number of carbonyl (C=O) groups excluding carboxylic acids is 1. The monoisotopic (exact) mass is 294 g/mol. The Morgan fingerprint density at radius 2 is 2.19 bits per heavy atom. The van der Waals surface area contributed by atoms with Crippen LogP contribution >= 0.6 is 0 Å². The zero-order chi connectivity index (χ0) is 15.0. The molecule has 1 unspecified atom stereocenters. The molecule has 1 spiro atoms. The van der Waals surface area contributed by atoms with Crippen LogP contribution in [0.3, 0.4) is 0 Å². The highest BCUT2D eigenvalue weighted by Crippen LogP contribution is 2.46. The Hall–Kier alpha value is -1.66. The highest BCUT2D eigenvalue weighted by molar-refractivity contribution is 5.92. The van der Waals surface area contributed by atoms with Crippen molar-refractivity contribution >= 4 is 5.91 Å². The number of halogens is 1. The molecule has 114 valence electrons. The van der Waals surface area contributed by atoms with E-state index in [1.807, 2.05) is 0 Å².